The van der Waals surface area contributed by atoms with Gasteiger partial charge in [-0.05, 0) is 104 Å². The fourth-order valence-electron chi connectivity index (χ4n) is 8.54. The van der Waals surface area contributed by atoms with Gasteiger partial charge in [-0.1, -0.05) is 92.2 Å². The lowest BCUT2D eigenvalue weighted by molar-refractivity contribution is -0.142. The number of amides is 4. The molecule has 0 saturated carbocycles. The molecule has 0 radical (unpaired) electrons. The monoisotopic (exact) mass is 844 g/mol. The van der Waals surface area contributed by atoms with Gasteiger partial charge in [-0.2, -0.15) is 0 Å². The van der Waals surface area contributed by atoms with E-state index in [1.54, 1.807) is 12.1 Å². The SMILES string of the molecule is CCC(=O)N(CC1CCCCN1Cc1ccc2c(c1)CCC[C@H]2N[C@H](Cc1ccccc1)C(=O)NCC(=O)N[C@H](C)C(=O)N[C@@H](Cc1ccc(O)cc1)C(=O)O)c1ccccc1. The quantitative estimate of drug-likeness (QED) is 0.0740. The molecule has 0 spiro atoms. The highest BCUT2D eigenvalue weighted by atomic mass is 16.4. The average molecular weight is 845 g/mol. The highest BCUT2D eigenvalue weighted by Crippen LogP contribution is 2.32. The Bertz CT molecular complexity index is 2130. The summed E-state index contributed by atoms with van der Waals surface area (Å²) in [5, 5.41) is 30.7. The van der Waals surface area contributed by atoms with Crippen molar-refractivity contribution in [2.45, 2.75) is 108 Å². The average Bonchev–Trinajstić information content (AvgIpc) is 3.28. The number of carbonyl (C=O) groups excluding carboxylic acids is 4. The Hall–Kier alpha value is -6.05. The number of likely N-dealkylation sites (tertiary alicyclic amines) is 1. The minimum atomic E-state index is -1.26. The summed E-state index contributed by atoms with van der Waals surface area (Å²) in [5.74, 6) is -2.71. The van der Waals surface area contributed by atoms with Crippen molar-refractivity contribution in [1.82, 2.24) is 26.2 Å². The van der Waals surface area contributed by atoms with E-state index < -0.39 is 35.9 Å². The molecule has 2 aliphatic rings. The largest absolute Gasteiger partial charge is 0.508 e. The van der Waals surface area contributed by atoms with E-state index in [9.17, 15) is 34.2 Å². The van der Waals surface area contributed by atoms with Gasteiger partial charge in [0, 0.05) is 43.7 Å². The number of phenols is 1. The molecule has 6 N–H and O–H groups in total. The number of aromatic hydroxyl groups is 1. The summed E-state index contributed by atoms with van der Waals surface area (Å²) in [4.78, 5) is 69.3. The molecule has 4 aromatic rings. The van der Waals surface area contributed by atoms with Gasteiger partial charge in [0.1, 0.15) is 17.8 Å². The molecule has 4 amide bonds. The number of hydrogen-bond donors (Lipinski definition) is 6. The first-order chi connectivity index (χ1) is 30.0. The molecule has 4 aromatic carbocycles. The third-order valence-corrected chi connectivity index (χ3v) is 11.9. The van der Waals surface area contributed by atoms with Crippen molar-refractivity contribution in [3.05, 3.63) is 131 Å². The van der Waals surface area contributed by atoms with Crippen molar-refractivity contribution in [2.75, 3.05) is 24.5 Å². The van der Waals surface area contributed by atoms with E-state index in [1.807, 2.05) is 72.5 Å². The number of benzene rings is 4. The van der Waals surface area contributed by atoms with Crippen LogP contribution < -0.4 is 26.2 Å². The van der Waals surface area contributed by atoms with Gasteiger partial charge in [0.2, 0.25) is 23.6 Å². The molecule has 1 aliphatic carbocycles. The lowest BCUT2D eigenvalue weighted by Crippen LogP contribution is -2.53. The zero-order chi connectivity index (χ0) is 44.0. The standard InChI is InChI=1S/C49H60N6O7/c1-3-46(58)55(38-16-8-5-9-17-38)32-39-18-10-11-26-54(39)31-36-22-25-41-37(27-36)15-12-19-42(41)52-43(28-34-13-6-4-7-14-34)48(60)50-30-45(57)51-33(2)47(59)53-44(49(61)62)29-35-20-23-40(56)24-21-35/h4-9,13-14,16-17,20-25,27,33,39,42-44,52,56H,3,10-12,15,18-19,26,28-32H2,1-2H3,(H,50,60)(H,51,57)(H,53,59)(H,61,62)/t33-,39?,42-,43-,44+/m1/s1. The van der Waals surface area contributed by atoms with Gasteiger partial charge in [0.25, 0.3) is 0 Å². The molecule has 1 heterocycles. The maximum absolute atomic E-state index is 13.9. The number of phenolic OH excluding ortho intramolecular Hbond substituents is 1. The van der Waals surface area contributed by atoms with Crippen molar-refractivity contribution < 1.29 is 34.2 Å². The van der Waals surface area contributed by atoms with Crippen LogP contribution in [0.25, 0.3) is 0 Å². The van der Waals surface area contributed by atoms with Crippen molar-refractivity contribution >= 4 is 35.3 Å². The second kappa shape index (κ2) is 22.2. The maximum atomic E-state index is 13.9. The number of aryl methyl sites for hydroxylation is 1. The zero-order valence-corrected chi connectivity index (χ0v) is 35.7. The summed E-state index contributed by atoms with van der Waals surface area (Å²) in [7, 11) is 0. The van der Waals surface area contributed by atoms with Gasteiger partial charge in [0.15, 0.2) is 0 Å². The van der Waals surface area contributed by atoms with Gasteiger partial charge in [-0.15, -0.1) is 0 Å². The molecule has 0 bridgehead atoms. The van der Waals surface area contributed by atoms with Crippen LogP contribution in [-0.2, 0) is 49.8 Å². The molecule has 328 valence electrons. The number of carboxylic acids is 1. The summed E-state index contributed by atoms with van der Waals surface area (Å²) in [5.41, 5.74) is 6.14. The Kier molecular flexibility index (Phi) is 16.3. The Balaban J connectivity index is 1.07. The Morgan fingerprint density at radius 3 is 2.16 bits per heavy atom. The van der Waals surface area contributed by atoms with Crippen molar-refractivity contribution in [2.24, 2.45) is 0 Å². The molecule has 1 aliphatic heterocycles. The van der Waals surface area contributed by atoms with E-state index in [0.717, 1.165) is 68.4 Å². The minimum Gasteiger partial charge on any atom is -0.508 e. The Morgan fingerprint density at radius 1 is 0.774 bits per heavy atom. The third kappa shape index (κ3) is 12.7. The van der Waals surface area contributed by atoms with Crippen molar-refractivity contribution in [1.29, 1.82) is 0 Å². The number of hydrogen-bond acceptors (Lipinski definition) is 8. The number of para-hydroxylation sites is 1. The van der Waals surface area contributed by atoms with E-state index in [1.165, 1.54) is 30.2 Å². The number of carbonyl (C=O) groups is 5. The first-order valence-corrected chi connectivity index (χ1v) is 21.9. The van der Waals surface area contributed by atoms with E-state index in [2.05, 4.69) is 44.4 Å². The van der Waals surface area contributed by atoms with Crippen molar-refractivity contribution in [3.63, 3.8) is 0 Å². The number of rotatable bonds is 19. The van der Waals surface area contributed by atoms with Crippen LogP contribution in [0.3, 0.4) is 0 Å². The third-order valence-electron chi connectivity index (χ3n) is 11.9. The topological polar surface area (TPSA) is 180 Å². The van der Waals surface area contributed by atoms with Gasteiger partial charge >= 0.3 is 5.97 Å². The van der Waals surface area contributed by atoms with E-state index in [-0.39, 0.29) is 42.6 Å². The number of nitrogens with zero attached hydrogens (tertiary/aromatic N) is 2. The number of carboxylic acid groups (broad SMARTS) is 1. The normalized spacial score (nSPS) is 17.7. The Morgan fingerprint density at radius 2 is 1.45 bits per heavy atom. The van der Waals surface area contributed by atoms with Crippen LogP contribution in [0.15, 0.2) is 103 Å². The molecule has 5 atom stereocenters. The number of fused-ring (bicyclic) bond motifs is 1. The van der Waals surface area contributed by atoms with Crippen LogP contribution in [0.5, 0.6) is 5.75 Å². The van der Waals surface area contributed by atoms with Crippen LogP contribution in [0, 0.1) is 0 Å². The summed E-state index contributed by atoms with van der Waals surface area (Å²) in [6, 6.07) is 29.5. The van der Waals surface area contributed by atoms with Crippen LogP contribution in [0.4, 0.5) is 5.69 Å². The van der Waals surface area contributed by atoms with Crippen LogP contribution in [-0.4, -0.2) is 88.5 Å². The van der Waals surface area contributed by atoms with Crippen LogP contribution in [0.2, 0.25) is 0 Å². The fraction of sp³-hybridized carbons (Fsp3) is 0.408. The van der Waals surface area contributed by atoms with E-state index in [4.69, 9.17) is 0 Å². The zero-order valence-electron chi connectivity index (χ0n) is 35.7. The lowest BCUT2D eigenvalue weighted by Gasteiger charge is -2.39. The van der Waals surface area contributed by atoms with Crippen LogP contribution in [0.1, 0.15) is 86.2 Å². The lowest BCUT2D eigenvalue weighted by atomic mass is 9.85. The van der Waals surface area contributed by atoms with Gasteiger partial charge in [-0.25, -0.2) is 4.79 Å². The summed E-state index contributed by atoms with van der Waals surface area (Å²) in [6.07, 6.45) is 6.85. The highest BCUT2D eigenvalue weighted by molar-refractivity contribution is 5.93. The summed E-state index contributed by atoms with van der Waals surface area (Å²) >= 11 is 0. The molecule has 1 unspecified atom stereocenters. The Labute approximate surface area is 364 Å². The molecular weight excluding hydrogens is 785 g/mol. The first kappa shape index (κ1) is 45.5. The minimum absolute atomic E-state index is 0.0165. The van der Waals surface area contributed by atoms with E-state index >= 15 is 0 Å². The number of piperidine rings is 1. The fourth-order valence-corrected chi connectivity index (χ4v) is 8.54. The molecule has 1 saturated heterocycles. The second-order valence-electron chi connectivity index (χ2n) is 16.5. The molecule has 13 heteroatoms. The summed E-state index contributed by atoms with van der Waals surface area (Å²) in [6.45, 7) is 5.41. The number of aliphatic carboxylic acids is 1. The smallest absolute Gasteiger partial charge is 0.326 e. The van der Waals surface area contributed by atoms with Gasteiger partial charge < -0.3 is 31.1 Å². The summed E-state index contributed by atoms with van der Waals surface area (Å²) < 4.78 is 0. The number of anilines is 1. The molecule has 1 fully saturated rings. The van der Waals surface area contributed by atoms with Gasteiger partial charge in [0.05, 0.1) is 12.6 Å². The predicted molar refractivity (Wildman–Crippen MR) is 238 cm³/mol. The molecular formula is C49H60N6O7. The molecule has 13 nitrogen and oxygen atoms in total. The second-order valence-corrected chi connectivity index (χ2v) is 16.5. The predicted octanol–water partition coefficient (Wildman–Crippen LogP) is 5.20. The molecule has 6 rings (SSSR count). The number of nitrogens with one attached hydrogen (secondary N) is 4. The first-order valence-electron chi connectivity index (χ1n) is 21.9. The highest BCUT2D eigenvalue weighted by Gasteiger charge is 2.30. The van der Waals surface area contributed by atoms with Crippen molar-refractivity contribution in [3.8, 4) is 5.75 Å². The van der Waals surface area contributed by atoms with Crippen LogP contribution >= 0.6 is 0 Å². The van der Waals surface area contributed by atoms with E-state index in [0.29, 0.717) is 24.9 Å². The molecule has 62 heavy (non-hydrogen) atoms. The maximum Gasteiger partial charge on any atom is 0.326 e. The molecule has 0 aromatic heterocycles. The van der Waals surface area contributed by atoms with Gasteiger partial charge in [-0.3, -0.25) is 29.4 Å².